The molecule has 19 nitrogen and oxygen atoms in total. The Balaban J connectivity index is 0.783. The summed E-state index contributed by atoms with van der Waals surface area (Å²) in [4.78, 5) is 80.0. The largest absolute Gasteiger partial charge is 0.391 e. The highest BCUT2D eigenvalue weighted by Gasteiger charge is 2.44. The van der Waals surface area contributed by atoms with E-state index in [-0.39, 0.29) is 62.2 Å². The van der Waals surface area contributed by atoms with Crippen molar-refractivity contribution in [2.75, 3.05) is 30.0 Å². The van der Waals surface area contributed by atoms with Gasteiger partial charge in [0.15, 0.2) is 0 Å². The van der Waals surface area contributed by atoms with E-state index >= 15 is 0 Å². The number of hydrogen-bond acceptors (Lipinski definition) is 13. The van der Waals surface area contributed by atoms with Crippen molar-refractivity contribution in [3.63, 3.8) is 0 Å². The second-order valence-electron chi connectivity index (χ2n) is 21.0. The number of anilines is 2. The molecule has 1 aliphatic heterocycles. The number of β-amino-alcohol motifs (C(OH)–C–C–N with tert-alkyl or cyclic N) is 1. The van der Waals surface area contributed by atoms with Crippen LogP contribution in [0.3, 0.4) is 0 Å². The van der Waals surface area contributed by atoms with Crippen LogP contribution in [-0.2, 0) is 45.8 Å². The van der Waals surface area contributed by atoms with E-state index in [0.717, 1.165) is 69.8 Å². The minimum absolute atomic E-state index is 0.0246. The van der Waals surface area contributed by atoms with Crippen molar-refractivity contribution in [1.82, 2.24) is 45.2 Å². The molecule has 5 amide bonds. The normalized spacial score (nSPS) is 17.8. The van der Waals surface area contributed by atoms with Crippen LogP contribution in [0.1, 0.15) is 88.1 Å². The number of aromatic nitrogens is 5. The van der Waals surface area contributed by atoms with Crippen LogP contribution in [0.15, 0.2) is 108 Å². The summed E-state index contributed by atoms with van der Waals surface area (Å²) in [7, 11) is 1.72. The number of nitriles is 1. The highest BCUT2D eigenvalue weighted by molar-refractivity contribution is 7.13. The fourth-order valence-corrected chi connectivity index (χ4v) is 10.6. The third-order valence-corrected chi connectivity index (χ3v) is 15.1. The number of nitrogens with one attached hydrogen (secondary N) is 4. The summed E-state index contributed by atoms with van der Waals surface area (Å²) in [5, 5.41) is 36.7. The fraction of sp³-hybridized carbons (Fsp3) is 0.421. The van der Waals surface area contributed by atoms with Gasteiger partial charge in [-0.3, -0.25) is 28.8 Å². The Kier molecular flexibility index (Phi) is 18.3. The van der Waals surface area contributed by atoms with Gasteiger partial charge in [0.1, 0.15) is 30.6 Å². The molecule has 0 radical (unpaired) electrons. The molecule has 1 saturated carbocycles. The summed E-state index contributed by atoms with van der Waals surface area (Å²) < 4.78 is 9.09. The molecule has 2 aromatic carbocycles. The highest BCUT2D eigenvalue weighted by atomic mass is 32.1. The lowest BCUT2D eigenvalue weighted by Crippen LogP contribution is -2.58. The van der Waals surface area contributed by atoms with Crippen LogP contribution in [0, 0.1) is 23.7 Å². The summed E-state index contributed by atoms with van der Waals surface area (Å²) in [6.45, 7) is 8.59. The quantitative estimate of drug-likeness (QED) is 0.0503. The zero-order valence-corrected chi connectivity index (χ0v) is 45.1. The standard InChI is InChI=1S/C57H68N12O7S/c1-37-52(77-36-62-37)42-11-8-38(9-12-42)28-60-54(73)48-26-47(70)34-68(48)55(74)53(57(2,3)4)65-50(71)35-76-25-7-6-24-67-32-40(31-63-67)30-61-56(75)69(45-18-13-41(14-19-45)43-15-23-51(72)66(5)33-43)46-20-16-44(17-21-46)64-49-22-10-39(27-58)29-59-49/h8-15,18-19,22-23,29,31-33,36,44,46-48,53,70H,6-7,16-17,20-21,24-26,28,30,34-35H2,1-5H3,(H,59,64)(H,60,73)(H,61,75)(H,65,71)/t44-,46-,47-,48+,53-/m1/s1. The molecular weight excluding hydrogens is 997 g/mol. The molecule has 0 spiro atoms. The second kappa shape index (κ2) is 25.4. The number of carbonyl (C=O) groups is 4. The van der Waals surface area contributed by atoms with E-state index in [1.807, 2.05) is 104 Å². The maximum Gasteiger partial charge on any atom is 0.322 e. The third-order valence-electron chi connectivity index (χ3n) is 14.1. The maximum absolute atomic E-state index is 14.2. The number of urea groups is 1. The number of ether oxygens (including phenoxy) is 1. The number of aliphatic hydroxyl groups is 1. The van der Waals surface area contributed by atoms with E-state index in [4.69, 9.17) is 10.00 Å². The molecule has 77 heavy (non-hydrogen) atoms. The summed E-state index contributed by atoms with van der Waals surface area (Å²) in [5.41, 5.74) is 7.80. The van der Waals surface area contributed by atoms with Crippen molar-refractivity contribution >= 4 is 46.6 Å². The zero-order chi connectivity index (χ0) is 54.6. The molecule has 5 N–H and O–H groups in total. The lowest BCUT2D eigenvalue weighted by atomic mass is 9.85. The molecule has 3 atom stereocenters. The van der Waals surface area contributed by atoms with Crippen molar-refractivity contribution < 1.29 is 29.0 Å². The predicted molar refractivity (Wildman–Crippen MR) is 294 cm³/mol. The molecule has 20 heteroatoms. The molecule has 5 heterocycles. The number of hydrogen-bond donors (Lipinski definition) is 5. The van der Waals surface area contributed by atoms with E-state index in [0.29, 0.717) is 37.4 Å². The van der Waals surface area contributed by atoms with Gasteiger partial charge in [-0.1, -0.05) is 57.2 Å². The summed E-state index contributed by atoms with van der Waals surface area (Å²) in [5.74, 6) is -0.574. The molecule has 1 saturated heterocycles. The molecule has 2 fully saturated rings. The number of benzene rings is 2. The lowest BCUT2D eigenvalue weighted by molar-refractivity contribution is -0.144. The number of aryl methyl sites for hydroxylation is 3. The van der Waals surface area contributed by atoms with Crippen molar-refractivity contribution in [3.05, 3.63) is 136 Å². The molecule has 0 unspecified atom stereocenters. The zero-order valence-electron chi connectivity index (χ0n) is 44.3. The Labute approximate surface area is 452 Å². The van der Waals surface area contributed by atoms with Crippen LogP contribution in [0.2, 0.25) is 0 Å². The SMILES string of the molecule is Cc1ncsc1-c1ccc(CNC(=O)[C@@H]2C[C@@H](O)CN2C(=O)[C@@H](NC(=O)COCCCCn2cc(CNC(=O)N(c3ccc(-c4ccc(=O)n(C)c4)cc3)[C@H]3CC[C@H](Nc4ccc(C#N)cn4)CC3)cn2)C(C)(C)C)cc1. The van der Waals surface area contributed by atoms with Gasteiger partial charge in [0.2, 0.25) is 23.3 Å². The topological polar surface area (TPSA) is 242 Å². The van der Waals surface area contributed by atoms with Crippen LogP contribution < -0.4 is 31.7 Å². The number of amides is 5. The van der Waals surface area contributed by atoms with E-state index in [9.17, 15) is 29.1 Å². The van der Waals surface area contributed by atoms with Crippen LogP contribution in [0.5, 0.6) is 0 Å². The molecular formula is C57H68N12O7S. The molecule has 4 aromatic heterocycles. The number of likely N-dealkylation sites (tertiary alicyclic amines) is 1. The minimum Gasteiger partial charge on any atom is -0.391 e. The Morgan fingerprint density at radius 2 is 1.61 bits per heavy atom. The van der Waals surface area contributed by atoms with Crippen molar-refractivity contribution in [3.8, 4) is 27.6 Å². The van der Waals surface area contributed by atoms with Crippen LogP contribution in [-0.4, -0.2) is 108 Å². The molecule has 0 bridgehead atoms. The highest BCUT2D eigenvalue weighted by Crippen LogP contribution is 2.32. The lowest BCUT2D eigenvalue weighted by Gasteiger charge is -2.37. The average molecular weight is 1070 g/mol. The van der Waals surface area contributed by atoms with Gasteiger partial charge in [0, 0.05) is 94.2 Å². The van der Waals surface area contributed by atoms with Gasteiger partial charge < -0.3 is 40.6 Å². The second-order valence-corrected chi connectivity index (χ2v) is 21.8. The van der Waals surface area contributed by atoms with E-state index in [2.05, 4.69) is 42.4 Å². The average Bonchev–Trinajstić information content (AvgIpc) is 4.19. The van der Waals surface area contributed by atoms with Gasteiger partial charge in [-0.2, -0.15) is 10.4 Å². The first-order valence-corrected chi connectivity index (χ1v) is 27.0. The number of aliphatic hydroxyl groups excluding tert-OH is 1. The van der Waals surface area contributed by atoms with E-state index < -0.39 is 35.4 Å². The smallest absolute Gasteiger partial charge is 0.322 e. The number of rotatable bonds is 20. The molecule has 8 rings (SSSR count). The Morgan fingerprint density at radius 1 is 0.883 bits per heavy atom. The molecule has 6 aromatic rings. The third kappa shape index (κ3) is 14.6. The van der Waals surface area contributed by atoms with Gasteiger partial charge in [0.05, 0.1) is 33.9 Å². The predicted octanol–water partition coefficient (Wildman–Crippen LogP) is 6.69. The molecule has 2 aliphatic rings. The first kappa shape index (κ1) is 55.5. The number of thiazole rings is 1. The number of unbranched alkanes of at least 4 members (excludes halogenated alkanes) is 1. The molecule has 404 valence electrons. The number of carbonyl (C=O) groups excluding carboxylic acids is 4. The summed E-state index contributed by atoms with van der Waals surface area (Å²) >= 11 is 1.57. The molecule has 1 aliphatic carbocycles. The van der Waals surface area contributed by atoms with Gasteiger partial charge in [-0.15, -0.1) is 11.3 Å². The Morgan fingerprint density at radius 3 is 2.29 bits per heavy atom. The van der Waals surface area contributed by atoms with Crippen molar-refractivity contribution in [1.29, 1.82) is 5.26 Å². The van der Waals surface area contributed by atoms with Gasteiger partial charge in [-0.05, 0) is 103 Å². The first-order chi connectivity index (χ1) is 37.0. The summed E-state index contributed by atoms with van der Waals surface area (Å²) in [6, 6.07) is 22.7. The fourth-order valence-electron chi connectivity index (χ4n) is 9.81. The maximum atomic E-state index is 14.2. The van der Waals surface area contributed by atoms with E-state index in [1.54, 1.807) is 49.1 Å². The monoisotopic (exact) mass is 1060 g/mol. The van der Waals surface area contributed by atoms with Gasteiger partial charge in [-0.25, -0.2) is 14.8 Å². The van der Waals surface area contributed by atoms with Gasteiger partial charge in [0.25, 0.3) is 0 Å². The van der Waals surface area contributed by atoms with Crippen LogP contribution >= 0.6 is 11.3 Å². The Hall–Kier alpha value is -7.73. The number of nitrogens with zero attached hydrogens (tertiary/aromatic N) is 8. The van der Waals surface area contributed by atoms with Crippen molar-refractivity contribution in [2.45, 2.75) is 123 Å². The van der Waals surface area contributed by atoms with Gasteiger partial charge >= 0.3 is 6.03 Å². The van der Waals surface area contributed by atoms with E-state index in [1.165, 1.54) is 15.5 Å². The van der Waals surface area contributed by atoms with Crippen LogP contribution in [0.4, 0.5) is 16.3 Å². The summed E-state index contributed by atoms with van der Waals surface area (Å²) in [6.07, 6.45) is 10.7. The number of pyridine rings is 2. The Bertz CT molecular complexity index is 3080. The van der Waals surface area contributed by atoms with Crippen molar-refractivity contribution in [2.24, 2.45) is 12.5 Å². The van der Waals surface area contributed by atoms with Crippen LogP contribution in [0.25, 0.3) is 21.6 Å². The minimum atomic E-state index is -0.975. The first-order valence-electron chi connectivity index (χ1n) is 26.1.